The first-order valence-electron chi connectivity index (χ1n) is 3.39. The van der Waals surface area contributed by atoms with Crippen LogP contribution in [0.5, 0.6) is 0 Å². The summed E-state index contributed by atoms with van der Waals surface area (Å²) < 4.78 is 5.19. The zero-order valence-electron chi connectivity index (χ0n) is 5.47. The number of rotatable bonds is 1. The molecule has 1 unspecified atom stereocenters. The molecule has 1 fully saturated rings. The minimum Gasteiger partial charge on any atom is -0.392 e. The second kappa shape index (κ2) is 3.82. The Morgan fingerprint density at radius 2 is 2.44 bits per heavy atom. The van der Waals surface area contributed by atoms with Gasteiger partial charge in [0.2, 0.25) is 0 Å². The van der Waals surface area contributed by atoms with Gasteiger partial charge < -0.3 is 9.84 Å². The largest absolute Gasteiger partial charge is 0.392 e. The lowest BCUT2D eigenvalue weighted by Gasteiger charge is -2.11. The highest BCUT2D eigenvalue weighted by atomic mass is 16.5. The Labute approximate surface area is 55.0 Å². The van der Waals surface area contributed by atoms with E-state index in [2.05, 4.69) is 5.32 Å². The fourth-order valence-electron chi connectivity index (χ4n) is 0.892. The number of aliphatic hydroxyl groups is 1. The van der Waals surface area contributed by atoms with E-state index in [9.17, 15) is 0 Å². The third-order valence-electron chi connectivity index (χ3n) is 1.43. The van der Waals surface area contributed by atoms with Gasteiger partial charge in [-0.05, 0) is 19.4 Å². The Morgan fingerprint density at radius 3 is 3.22 bits per heavy atom. The zero-order valence-corrected chi connectivity index (χ0v) is 5.47. The van der Waals surface area contributed by atoms with E-state index in [1.165, 1.54) is 0 Å². The second-order valence-corrected chi connectivity index (χ2v) is 2.20. The molecule has 0 radical (unpaired) electrons. The van der Waals surface area contributed by atoms with Crippen molar-refractivity contribution in [3.63, 3.8) is 0 Å². The van der Waals surface area contributed by atoms with Crippen molar-refractivity contribution in [3.8, 4) is 0 Å². The SMILES string of the molecule is OCC1NCCCCO1. The highest BCUT2D eigenvalue weighted by molar-refractivity contribution is 4.58. The summed E-state index contributed by atoms with van der Waals surface area (Å²) in [5.74, 6) is 0. The molecule has 0 bridgehead atoms. The van der Waals surface area contributed by atoms with Crippen molar-refractivity contribution in [2.75, 3.05) is 19.8 Å². The Hall–Kier alpha value is -0.120. The zero-order chi connectivity index (χ0) is 6.53. The molecule has 1 aliphatic rings. The molecule has 3 nitrogen and oxygen atoms in total. The molecule has 0 spiro atoms. The van der Waals surface area contributed by atoms with Crippen LogP contribution in [0, 0.1) is 0 Å². The lowest BCUT2D eigenvalue weighted by Crippen LogP contribution is -2.33. The summed E-state index contributed by atoms with van der Waals surface area (Å²) in [6.07, 6.45) is 2.13. The number of aliphatic hydroxyl groups excluding tert-OH is 1. The van der Waals surface area contributed by atoms with E-state index in [0.29, 0.717) is 0 Å². The predicted octanol–water partition coefficient (Wildman–Crippen LogP) is -0.295. The molecule has 0 saturated carbocycles. The molecule has 54 valence electrons. The second-order valence-electron chi connectivity index (χ2n) is 2.20. The van der Waals surface area contributed by atoms with Crippen LogP contribution in [0.2, 0.25) is 0 Å². The molecule has 1 atom stereocenters. The van der Waals surface area contributed by atoms with Crippen molar-refractivity contribution in [1.29, 1.82) is 0 Å². The molecule has 1 heterocycles. The third-order valence-corrected chi connectivity index (χ3v) is 1.43. The van der Waals surface area contributed by atoms with Crippen molar-refractivity contribution in [3.05, 3.63) is 0 Å². The van der Waals surface area contributed by atoms with E-state index in [1.807, 2.05) is 0 Å². The van der Waals surface area contributed by atoms with Crippen LogP contribution in [0.1, 0.15) is 12.8 Å². The lowest BCUT2D eigenvalue weighted by atomic mass is 10.3. The molecule has 2 N–H and O–H groups in total. The molecule has 1 aliphatic heterocycles. The summed E-state index contributed by atoms with van der Waals surface area (Å²) in [4.78, 5) is 0. The van der Waals surface area contributed by atoms with Crippen molar-refractivity contribution in [2.24, 2.45) is 0 Å². The lowest BCUT2D eigenvalue weighted by molar-refractivity contribution is 0.00300. The van der Waals surface area contributed by atoms with E-state index in [1.54, 1.807) is 0 Å². The van der Waals surface area contributed by atoms with Gasteiger partial charge in [-0.2, -0.15) is 0 Å². The highest BCUT2D eigenvalue weighted by Crippen LogP contribution is 1.97. The van der Waals surface area contributed by atoms with Crippen LogP contribution < -0.4 is 5.32 Å². The van der Waals surface area contributed by atoms with E-state index in [4.69, 9.17) is 9.84 Å². The normalized spacial score (nSPS) is 29.7. The average Bonchev–Trinajstić information content (AvgIpc) is 2.13. The monoisotopic (exact) mass is 131 g/mol. The first-order valence-corrected chi connectivity index (χ1v) is 3.39. The van der Waals surface area contributed by atoms with Crippen molar-refractivity contribution in [1.82, 2.24) is 5.32 Å². The molecule has 0 aromatic heterocycles. The molecule has 9 heavy (non-hydrogen) atoms. The van der Waals surface area contributed by atoms with Gasteiger partial charge in [-0.1, -0.05) is 0 Å². The van der Waals surface area contributed by atoms with Gasteiger partial charge in [-0.15, -0.1) is 0 Å². The van der Waals surface area contributed by atoms with Gasteiger partial charge in [-0.25, -0.2) is 0 Å². The smallest absolute Gasteiger partial charge is 0.131 e. The predicted molar refractivity (Wildman–Crippen MR) is 34.1 cm³/mol. The van der Waals surface area contributed by atoms with E-state index in [-0.39, 0.29) is 12.8 Å². The quantitative estimate of drug-likeness (QED) is 0.513. The molecular formula is C6H13NO2. The van der Waals surface area contributed by atoms with E-state index < -0.39 is 0 Å². The van der Waals surface area contributed by atoms with Gasteiger partial charge >= 0.3 is 0 Å². The molecule has 0 aliphatic carbocycles. The van der Waals surface area contributed by atoms with Crippen LogP contribution in [0.3, 0.4) is 0 Å². The van der Waals surface area contributed by atoms with Crippen LogP contribution in [0.15, 0.2) is 0 Å². The Kier molecular flexibility index (Phi) is 2.97. The molecule has 3 heteroatoms. The van der Waals surface area contributed by atoms with Crippen molar-refractivity contribution < 1.29 is 9.84 Å². The maximum Gasteiger partial charge on any atom is 0.131 e. The standard InChI is InChI=1S/C6H13NO2/c8-5-6-7-3-1-2-4-9-6/h6-8H,1-5H2. The van der Waals surface area contributed by atoms with Gasteiger partial charge in [0.1, 0.15) is 6.23 Å². The summed E-state index contributed by atoms with van der Waals surface area (Å²) in [7, 11) is 0. The summed E-state index contributed by atoms with van der Waals surface area (Å²) >= 11 is 0. The molecule has 1 saturated heterocycles. The molecular weight excluding hydrogens is 118 g/mol. The minimum atomic E-state index is -0.118. The van der Waals surface area contributed by atoms with Crippen molar-refractivity contribution in [2.45, 2.75) is 19.1 Å². The van der Waals surface area contributed by atoms with Crippen LogP contribution in [0.25, 0.3) is 0 Å². The number of hydrogen-bond donors (Lipinski definition) is 2. The number of nitrogens with one attached hydrogen (secondary N) is 1. The maximum atomic E-state index is 8.63. The van der Waals surface area contributed by atoms with Crippen LogP contribution in [-0.2, 0) is 4.74 Å². The van der Waals surface area contributed by atoms with Gasteiger partial charge in [0.15, 0.2) is 0 Å². The van der Waals surface area contributed by atoms with Crippen LogP contribution >= 0.6 is 0 Å². The van der Waals surface area contributed by atoms with Gasteiger partial charge in [0, 0.05) is 6.61 Å². The highest BCUT2D eigenvalue weighted by Gasteiger charge is 2.08. The number of ether oxygens (including phenoxy) is 1. The van der Waals surface area contributed by atoms with Crippen molar-refractivity contribution >= 4 is 0 Å². The third kappa shape index (κ3) is 2.30. The van der Waals surface area contributed by atoms with Gasteiger partial charge in [0.05, 0.1) is 6.61 Å². The Balaban J connectivity index is 2.18. The van der Waals surface area contributed by atoms with Crippen LogP contribution in [-0.4, -0.2) is 31.1 Å². The first kappa shape index (κ1) is 6.99. The maximum absolute atomic E-state index is 8.63. The molecule has 0 aromatic carbocycles. The summed E-state index contributed by atoms with van der Waals surface area (Å²) in [5, 5.41) is 11.7. The first-order chi connectivity index (χ1) is 4.43. The Bertz CT molecular complexity index is 69.5. The van der Waals surface area contributed by atoms with Gasteiger partial charge in [0.25, 0.3) is 0 Å². The minimum absolute atomic E-state index is 0.0833. The summed E-state index contributed by atoms with van der Waals surface area (Å²) in [6, 6.07) is 0. The van der Waals surface area contributed by atoms with Crippen LogP contribution in [0.4, 0.5) is 0 Å². The fraction of sp³-hybridized carbons (Fsp3) is 1.00. The van der Waals surface area contributed by atoms with Gasteiger partial charge in [-0.3, -0.25) is 5.32 Å². The molecule has 1 rings (SSSR count). The molecule has 0 aromatic rings. The number of hydrogen-bond acceptors (Lipinski definition) is 3. The van der Waals surface area contributed by atoms with E-state index >= 15 is 0 Å². The Morgan fingerprint density at radius 1 is 1.56 bits per heavy atom. The fourth-order valence-corrected chi connectivity index (χ4v) is 0.892. The summed E-state index contributed by atoms with van der Waals surface area (Å²) in [5.41, 5.74) is 0. The van der Waals surface area contributed by atoms with E-state index in [0.717, 1.165) is 26.0 Å². The summed E-state index contributed by atoms with van der Waals surface area (Å²) in [6.45, 7) is 1.82. The average molecular weight is 131 g/mol. The molecule has 0 amide bonds. The topological polar surface area (TPSA) is 41.5 Å².